The molecule has 0 atom stereocenters. The van der Waals surface area contributed by atoms with E-state index in [1.807, 2.05) is 18.2 Å². The second kappa shape index (κ2) is 14.6. The van der Waals surface area contributed by atoms with E-state index in [4.69, 9.17) is 4.74 Å². The molecule has 1 heterocycles. The Morgan fingerprint density at radius 2 is 1.74 bits per heavy atom. The maximum atomic E-state index is 14.0. The van der Waals surface area contributed by atoms with Crippen molar-refractivity contribution in [1.82, 2.24) is 14.4 Å². The van der Waals surface area contributed by atoms with Crippen molar-refractivity contribution >= 4 is 11.8 Å². The average molecular weight is 530 g/mol. The first-order valence-corrected chi connectivity index (χ1v) is 14.5. The molecule has 2 amide bonds. The van der Waals surface area contributed by atoms with Crippen LogP contribution < -0.4 is 4.74 Å². The molecule has 1 aromatic heterocycles. The number of carbonyl (C=O) groups excluding carboxylic acids is 2. The molecular formula is C33H43N3O3. The SMILES string of the molecule is CCCCCN(CC(=O)N(Cc1cccn1Cc1ccccc1)C1CCCCC1)C(=O)c1cccc(OC)c1. The lowest BCUT2D eigenvalue weighted by molar-refractivity contribution is -0.135. The highest BCUT2D eigenvalue weighted by molar-refractivity contribution is 5.96. The third kappa shape index (κ3) is 7.98. The van der Waals surface area contributed by atoms with Gasteiger partial charge in [0.2, 0.25) is 5.91 Å². The second-order valence-electron chi connectivity index (χ2n) is 10.6. The van der Waals surface area contributed by atoms with Gasteiger partial charge in [-0.1, -0.05) is 75.4 Å². The van der Waals surface area contributed by atoms with Crippen molar-refractivity contribution in [3.63, 3.8) is 0 Å². The van der Waals surface area contributed by atoms with Gasteiger partial charge in [-0.2, -0.15) is 0 Å². The normalized spacial score (nSPS) is 13.7. The van der Waals surface area contributed by atoms with Crippen molar-refractivity contribution in [3.8, 4) is 5.75 Å². The Kier molecular flexibility index (Phi) is 10.6. The number of carbonyl (C=O) groups is 2. The number of benzene rings is 2. The molecule has 1 aliphatic carbocycles. The third-order valence-corrected chi connectivity index (χ3v) is 7.75. The van der Waals surface area contributed by atoms with Crippen molar-refractivity contribution in [2.45, 2.75) is 77.4 Å². The van der Waals surface area contributed by atoms with Gasteiger partial charge in [0.1, 0.15) is 12.3 Å². The maximum absolute atomic E-state index is 14.0. The first-order valence-electron chi connectivity index (χ1n) is 14.5. The van der Waals surface area contributed by atoms with Gasteiger partial charge in [-0.3, -0.25) is 9.59 Å². The Bertz CT molecular complexity index is 1180. The Labute approximate surface area is 233 Å². The number of ether oxygens (including phenoxy) is 1. The predicted molar refractivity (Wildman–Crippen MR) is 156 cm³/mol. The van der Waals surface area contributed by atoms with E-state index in [-0.39, 0.29) is 24.4 Å². The van der Waals surface area contributed by atoms with Crippen LogP contribution in [-0.2, 0) is 17.9 Å². The van der Waals surface area contributed by atoms with Gasteiger partial charge in [0.05, 0.1) is 13.7 Å². The van der Waals surface area contributed by atoms with Crippen LogP contribution in [-0.4, -0.2) is 52.4 Å². The highest BCUT2D eigenvalue weighted by atomic mass is 16.5. The van der Waals surface area contributed by atoms with Crippen LogP contribution in [0.1, 0.15) is 79.9 Å². The fourth-order valence-corrected chi connectivity index (χ4v) is 5.51. The molecule has 0 N–H and O–H groups in total. The molecule has 6 heteroatoms. The highest BCUT2D eigenvalue weighted by Gasteiger charge is 2.29. The van der Waals surface area contributed by atoms with Crippen molar-refractivity contribution in [2.75, 3.05) is 20.2 Å². The van der Waals surface area contributed by atoms with E-state index < -0.39 is 0 Å². The van der Waals surface area contributed by atoms with Crippen LogP contribution in [0.25, 0.3) is 0 Å². The molecule has 0 radical (unpaired) electrons. The summed E-state index contributed by atoms with van der Waals surface area (Å²) in [5.74, 6) is 0.556. The lowest BCUT2D eigenvalue weighted by atomic mass is 9.94. The molecular weight excluding hydrogens is 486 g/mol. The van der Waals surface area contributed by atoms with Gasteiger partial charge in [-0.25, -0.2) is 0 Å². The van der Waals surface area contributed by atoms with Crippen LogP contribution in [0.5, 0.6) is 5.75 Å². The zero-order valence-electron chi connectivity index (χ0n) is 23.6. The molecule has 6 nitrogen and oxygen atoms in total. The minimum atomic E-state index is -0.116. The summed E-state index contributed by atoms with van der Waals surface area (Å²) < 4.78 is 7.58. The van der Waals surface area contributed by atoms with E-state index in [9.17, 15) is 9.59 Å². The zero-order valence-corrected chi connectivity index (χ0v) is 23.6. The molecule has 4 rings (SSSR count). The van der Waals surface area contributed by atoms with Crippen molar-refractivity contribution in [2.24, 2.45) is 0 Å². The smallest absolute Gasteiger partial charge is 0.254 e. The number of amides is 2. The van der Waals surface area contributed by atoms with E-state index in [1.165, 1.54) is 12.0 Å². The highest BCUT2D eigenvalue weighted by Crippen LogP contribution is 2.25. The molecule has 0 bridgehead atoms. The van der Waals surface area contributed by atoms with E-state index in [0.29, 0.717) is 24.4 Å². The summed E-state index contributed by atoms with van der Waals surface area (Å²) in [5, 5.41) is 0. The largest absolute Gasteiger partial charge is 0.497 e. The predicted octanol–water partition coefficient (Wildman–Crippen LogP) is 6.54. The van der Waals surface area contributed by atoms with Crippen molar-refractivity contribution in [1.29, 1.82) is 0 Å². The number of unbranched alkanes of at least 4 members (excludes halogenated alkanes) is 2. The van der Waals surface area contributed by atoms with E-state index in [1.54, 1.807) is 24.1 Å². The van der Waals surface area contributed by atoms with Gasteiger partial charge in [0.15, 0.2) is 0 Å². The monoisotopic (exact) mass is 529 g/mol. The molecule has 0 saturated heterocycles. The van der Waals surface area contributed by atoms with Gasteiger partial charge in [0.25, 0.3) is 5.91 Å². The molecule has 0 unspecified atom stereocenters. The number of methoxy groups -OCH3 is 1. The number of rotatable bonds is 13. The topological polar surface area (TPSA) is 54.8 Å². The van der Waals surface area contributed by atoms with Crippen LogP contribution >= 0.6 is 0 Å². The summed E-state index contributed by atoms with van der Waals surface area (Å²) in [6.07, 6.45) is 10.6. The first kappa shape index (κ1) is 28.5. The molecule has 0 spiro atoms. The Morgan fingerprint density at radius 1 is 0.949 bits per heavy atom. The molecule has 1 aliphatic rings. The van der Waals surface area contributed by atoms with Crippen molar-refractivity contribution < 1.29 is 14.3 Å². The summed E-state index contributed by atoms with van der Waals surface area (Å²) in [6.45, 7) is 4.13. The summed E-state index contributed by atoms with van der Waals surface area (Å²) in [7, 11) is 1.60. The lowest BCUT2D eigenvalue weighted by Gasteiger charge is -2.36. The number of hydrogen-bond acceptors (Lipinski definition) is 3. The number of aromatic nitrogens is 1. The molecule has 2 aromatic carbocycles. The first-order chi connectivity index (χ1) is 19.1. The summed E-state index contributed by atoms with van der Waals surface area (Å²) in [4.78, 5) is 31.4. The quantitative estimate of drug-likeness (QED) is 0.236. The van der Waals surface area contributed by atoms with Crippen molar-refractivity contribution in [3.05, 3.63) is 89.7 Å². The van der Waals surface area contributed by atoms with E-state index in [2.05, 4.69) is 59.0 Å². The number of hydrogen-bond donors (Lipinski definition) is 0. The minimum Gasteiger partial charge on any atom is -0.497 e. The molecule has 3 aromatic rings. The van der Waals surface area contributed by atoms with Crippen LogP contribution in [0.3, 0.4) is 0 Å². The molecule has 39 heavy (non-hydrogen) atoms. The van der Waals surface area contributed by atoms with Gasteiger partial charge < -0.3 is 19.1 Å². The van der Waals surface area contributed by atoms with Crippen LogP contribution in [0.4, 0.5) is 0 Å². The average Bonchev–Trinajstić information content (AvgIpc) is 3.42. The van der Waals surface area contributed by atoms with E-state index >= 15 is 0 Å². The maximum Gasteiger partial charge on any atom is 0.254 e. The lowest BCUT2D eigenvalue weighted by Crippen LogP contribution is -2.47. The molecule has 1 saturated carbocycles. The van der Waals surface area contributed by atoms with Gasteiger partial charge in [0, 0.05) is 36.6 Å². The molecule has 1 fully saturated rings. The summed E-state index contributed by atoms with van der Waals surface area (Å²) in [6, 6.07) is 22.0. The van der Waals surface area contributed by atoms with Crippen LogP contribution in [0.15, 0.2) is 72.9 Å². The third-order valence-electron chi connectivity index (χ3n) is 7.75. The van der Waals surface area contributed by atoms with E-state index in [0.717, 1.165) is 57.2 Å². The Balaban J connectivity index is 1.55. The standard InChI is InChI=1S/C33H43N3O3/c1-3-4-11-21-35(33(38)28-16-12-20-31(23-28)39-2)26-32(37)36(29-17-9-6-10-18-29)25-30-19-13-22-34(30)24-27-14-7-5-8-15-27/h5,7-8,12-16,19-20,22-23,29H,3-4,6,9-11,17-18,21,24-26H2,1-2H3. The Morgan fingerprint density at radius 3 is 2.49 bits per heavy atom. The van der Waals surface area contributed by atoms with Crippen LogP contribution in [0.2, 0.25) is 0 Å². The molecule has 0 aliphatic heterocycles. The number of nitrogens with zero attached hydrogens (tertiary/aromatic N) is 3. The van der Waals surface area contributed by atoms with Gasteiger partial charge in [-0.05, 0) is 55.2 Å². The second-order valence-corrected chi connectivity index (χ2v) is 10.6. The minimum absolute atomic E-state index is 0.0297. The summed E-state index contributed by atoms with van der Waals surface area (Å²) in [5.41, 5.74) is 2.91. The summed E-state index contributed by atoms with van der Waals surface area (Å²) >= 11 is 0. The Hall–Kier alpha value is -3.54. The fourth-order valence-electron chi connectivity index (χ4n) is 5.51. The van der Waals surface area contributed by atoms with Gasteiger partial charge >= 0.3 is 0 Å². The van der Waals surface area contributed by atoms with Crippen LogP contribution in [0, 0.1) is 0 Å². The fraction of sp³-hybridized carbons (Fsp3) is 0.455. The molecule has 208 valence electrons. The zero-order chi connectivity index (χ0) is 27.5. The van der Waals surface area contributed by atoms with Gasteiger partial charge in [-0.15, -0.1) is 0 Å².